The minimum absolute atomic E-state index is 0.0177. The molecule has 13 heteroatoms. The van der Waals surface area contributed by atoms with Crippen molar-refractivity contribution in [1.82, 2.24) is 25.3 Å². The van der Waals surface area contributed by atoms with Gasteiger partial charge in [-0.1, -0.05) is 111 Å². The highest BCUT2D eigenvalue weighted by atomic mass is 16.5. The maximum absolute atomic E-state index is 14.6. The molecule has 0 spiro atoms. The predicted octanol–water partition coefficient (Wildman–Crippen LogP) is 6.21. The average molecular weight is 864 g/mol. The largest absolute Gasteiger partial charge is 0.386 e. The lowest BCUT2D eigenvalue weighted by Gasteiger charge is -2.41. The molecule has 0 saturated carbocycles. The third-order valence-corrected chi connectivity index (χ3v) is 12.9. The van der Waals surface area contributed by atoms with Crippen LogP contribution >= 0.6 is 0 Å². The highest BCUT2D eigenvalue weighted by Crippen LogP contribution is 2.30. The topological polar surface area (TPSA) is 158 Å². The van der Waals surface area contributed by atoms with Gasteiger partial charge in [-0.25, -0.2) is 0 Å². The van der Waals surface area contributed by atoms with E-state index in [1.54, 1.807) is 64.1 Å². The smallest absolute Gasteiger partial charge is 0.254 e. The number of methoxy groups -OCH3 is 2. The SMILES string of the molecule is CC[C@H](C)[C@@H]([C@@H](CC(=O)N1CCC[C@H]1[C@H](OC)[C@@H](C)C(=O)N[C@H](C)[C@@H](O)c1ccccc1)OC)N(C)C(=O)[C@@H](NC(=O)[C@H](C(C)C)N(C)C(=O)c1ccc(C(C)C)cc1)C(C)C. The highest BCUT2D eigenvalue weighted by Gasteiger charge is 2.43. The van der Waals surface area contributed by atoms with Gasteiger partial charge in [0.25, 0.3) is 5.91 Å². The molecule has 0 aliphatic carbocycles. The maximum atomic E-state index is 14.6. The van der Waals surface area contributed by atoms with Gasteiger partial charge in [0.15, 0.2) is 0 Å². The summed E-state index contributed by atoms with van der Waals surface area (Å²) in [6.45, 7) is 19.7. The van der Waals surface area contributed by atoms with E-state index in [0.717, 1.165) is 12.0 Å². The summed E-state index contributed by atoms with van der Waals surface area (Å²) in [5.74, 6) is -2.45. The number of carbonyl (C=O) groups excluding carboxylic acids is 5. The molecule has 1 aliphatic heterocycles. The van der Waals surface area contributed by atoms with E-state index < -0.39 is 54.3 Å². The molecule has 346 valence electrons. The average Bonchev–Trinajstić information content (AvgIpc) is 3.74. The standard InChI is InChI=1S/C49H77N5O8/c1-15-32(8)43(53(12)49(60)41(30(4)5)51-47(58)42(31(6)7)52(11)48(59)37-25-23-35(24-26-37)29(2)3)39(61-13)28-40(55)54-27-19-22-38(54)45(62-14)33(9)46(57)50-34(10)44(56)36-20-17-16-18-21-36/h16-18,20-21,23-26,29-34,38-39,41-45,56H,15,19,22,27-28H2,1-14H3,(H,50,57)(H,51,58)/t32-,33+,34+,38-,39+,41-,42-,43-,44+,45+/m0/s1. The van der Waals surface area contributed by atoms with E-state index in [1.165, 1.54) is 4.90 Å². The zero-order valence-corrected chi connectivity index (χ0v) is 39.9. The molecule has 0 aromatic heterocycles. The summed E-state index contributed by atoms with van der Waals surface area (Å²) in [6.07, 6.45) is -0.139. The van der Waals surface area contributed by atoms with Gasteiger partial charge in [0, 0.05) is 40.4 Å². The summed E-state index contributed by atoms with van der Waals surface area (Å²) < 4.78 is 12.0. The Morgan fingerprint density at radius 3 is 1.92 bits per heavy atom. The Morgan fingerprint density at radius 2 is 1.40 bits per heavy atom. The zero-order valence-electron chi connectivity index (χ0n) is 39.9. The van der Waals surface area contributed by atoms with Crippen molar-refractivity contribution in [2.75, 3.05) is 34.9 Å². The van der Waals surface area contributed by atoms with Gasteiger partial charge >= 0.3 is 0 Å². The number of nitrogens with zero attached hydrogens (tertiary/aromatic N) is 3. The zero-order chi connectivity index (χ0) is 46.6. The van der Waals surface area contributed by atoms with Crippen molar-refractivity contribution in [3.8, 4) is 0 Å². The quantitative estimate of drug-likeness (QED) is 0.126. The summed E-state index contributed by atoms with van der Waals surface area (Å²) in [4.78, 5) is 75.1. The van der Waals surface area contributed by atoms with Crippen LogP contribution in [0.5, 0.6) is 0 Å². The Hall–Kier alpha value is -4.33. The lowest BCUT2D eigenvalue weighted by Crippen LogP contribution is -2.60. The lowest BCUT2D eigenvalue weighted by atomic mass is 9.89. The minimum atomic E-state index is -0.920. The molecule has 1 fully saturated rings. The van der Waals surface area contributed by atoms with E-state index >= 15 is 0 Å². The number of likely N-dealkylation sites (N-methyl/N-ethyl adjacent to an activating group) is 2. The number of aliphatic hydroxyl groups is 1. The molecule has 2 aromatic rings. The van der Waals surface area contributed by atoms with Crippen molar-refractivity contribution in [2.45, 2.75) is 149 Å². The first-order valence-electron chi connectivity index (χ1n) is 22.5. The Labute approximate surface area is 371 Å². The summed E-state index contributed by atoms with van der Waals surface area (Å²) in [7, 11) is 6.41. The fourth-order valence-electron chi connectivity index (χ4n) is 8.92. The van der Waals surface area contributed by atoms with Crippen LogP contribution in [-0.2, 0) is 28.7 Å². The van der Waals surface area contributed by atoms with Crippen LogP contribution in [0, 0.1) is 23.7 Å². The van der Waals surface area contributed by atoms with Gasteiger partial charge in [-0.05, 0) is 66.7 Å². The highest BCUT2D eigenvalue weighted by molar-refractivity contribution is 5.98. The third kappa shape index (κ3) is 12.9. The lowest BCUT2D eigenvalue weighted by molar-refractivity contribution is -0.148. The van der Waals surface area contributed by atoms with Crippen molar-refractivity contribution in [3.05, 3.63) is 71.3 Å². The van der Waals surface area contributed by atoms with E-state index in [-0.39, 0.29) is 53.8 Å². The van der Waals surface area contributed by atoms with Gasteiger partial charge in [-0.15, -0.1) is 0 Å². The van der Waals surface area contributed by atoms with Crippen LogP contribution in [0.25, 0.3) is 0 Å². The molecule has 62 heavy (non-hydrogen) atoms. The molecule has 0 radical (unpaired) electrons. The second kappa shape index (κ2) is 23.9. The van der Waals surface area contributed by atoms with E-state index in [0.29, 0.717) is 36.4 Å². The monoisotopic (exact) mass is 864 g/mol. The van der Waals surface area contributed by atoms with Crippen molar-refractivity contribution < 1.29 is 38.6 Å². The van der Waals surface area contributed by atoms with Crippen molar-refractivity contribution in [2.24, 2.45) is 23.7 Å². The number of ether oxygens (including phenoxy) is 2. The number of carbonyl (C=O) groups is 5. The first-order chi connectivity index (χ1) is 29.2. The first kappa shape index (κ1) is 52.0. The van der Waals surface area contributed by atoms with Crippen LogP contribution in [0.2, 0.25) is 0 Å². The number of hydrogen-bond donors (Lipinski definition) is 3. The number of benzene rings is 2. The molecular formula is C49H77N5O8. The molecule has 1 saturated heterocycles. The van der Waals surface area contributed by atoms with Crippen molar-refractivity contribution >= 4 is 29.5 Å². The molecule has 5 amide bonds. The molecule has 0 bridgehead atoms. The molecular weight excluding hydrogens is 787 g/mol. The van der Waals surface area contributed by atoms with Crippen LogP contribution in [-0.4, -0.2) is 127 Å². The second-order valence-electron chi connectivity index (χ2n) is 18.4. The van der Waals surface area contributed by atoms with Gasteiger partial charge in [-0.3, -0.25) is 24.0 Å². The second-order valence-corrected chi connectivity index (χ2v) is 18.4. The molecule has 0 unspecified atom stereocenters. The summed E-state index contributed by atoms with van der Waals surface area (Å²) in [5, 5.41) is 16.8. The number of aliphatic hydroxyl groups excluding tert-OH is 1. The van der Waals surface area contributed by atoms with Crippen LogP contribution in [0.15, 0.2) is 54.6 Å². The molecule has 10 atom stereocenters. The minimum Gasteiger partial charge on any atom is -0.386 e. The number of amides is 5. The number of rotatable bonds is 22. The van der Waals surface area contributed by atoms with Crippen molar-refractivity contribution in [1.29, 1.82) is 0 Å². The molecule has 3 N–H and O–H groups in total. The molecule has 1 heterocycles. The Kier molecular flexibility index (Phi) is 20.1. The number of likely N-dealkylation sites (tertiary alicyclic amines) is 1. The van der Waals surface area contributed by atoms with E-state index in [2.05, 4.69) is 24.5 Å². The van der Waals surface area contributed by atoms with Gasteiger partial charge in [0.05, 0.1) is 48.8 Å². The first-order valence-corrected chi connectivity index (χ1v) is 22.5. The van der Waals surface area contributed by atoms with Gasteiger partial charge in [-0.2, -0.15) is 0 Å². The predicted molar refractivity (Wildman–Crippen MR) is 243 cm³/mol. The van der Waals surface area contributed by atoms with Gasteiger partial charge < -0.3 is 39.9 Å². The molecule has 2 aromatic carbocycles. The Balaban J connectivity index is 1.79. The number of hydrogen-bond acceptors (Lipinski definition) is 8. The van der Waals surface area contributed by atoms with Crippen LogP contribution in [0.3, 0.4) is 0 Å². The van der Waals surface area contributed by atoms with Gasteiger partial charge in [0.1, 0.15) is 12.1 Å². The summed E-state index contributed by atoms with van der Waals surface area (Å²) in [6, 6.07) is 13.4. The molecule has 1 aliphatic rings. The van der Waals surface area contributed by atoms with E-state index in [9.17, 15) is 29.1 Å². The van der Waals surface area contributed by atoms with E-state index in [4.69, 9.17) is 9.47 Å². The summed E-state index contributed by atoms with van der Waals surface area (Å²) >= 11 is 0. The van der Waals surface area contributed by atoms with Crippen LogP contribution in [0.1, 0.15) is 128 Å². The van der Waals surface area contributed by atoms with Crippen LogP contribution < -0.4 is 10.6 Å². The fraction of sp³-hybridized carbons (Fsp3) is 0.653. The van der Waals surface area contributed by atoms with E-state index in [1.807, 2.05) is 84.0 Å². The third-order valence-electron chi connectivity index (χ3n) is 12.9. The Morgan fingerprint density at radius 1 is 0.790 bits per heavy atom. The fourth-order valence-corrected chi connectivity index (χ4v) is 8.92. The molecule has 13 nitrogen and oxygen atoms in total. The van der Waals surface area contributed by atoms with Gasteiger partial charge in [0.2, 0.25) is 23.6 Å². The maximum Gasteiger partial charge on any atom is 0.254 e. The van der Waals surface area contributed by atoms with Crippen molar-refractivity contribution in [3.63, 3.8) is 0 Å². The normalized spacial score (nSPS) is 18.6. The molecule has 3 rings (SSSR count). The van der Waals surface area contributed by atoms with Crippen LogP contribution in [0.4, 0.5) is 0 Å². The number of nitrogens with one attached hydrogen (secondary N) is 2. The Bertz CT molecular complexity index is 1750. The summed E-state index contributed by atoms with van der Waals surface area (Å²) in [5.41, 5.74) is 2.29.